The summed E-state index contributed by atoms with van der Waals surface area (Å²) < 4.78 is 26.3. The molecule has 1 atom stereocenters. The number of halogens is 2. The molecule has 0 saturated carbocycles. The minimum absolute atomic E-state index is 0.155. The molecule has 1 amide bonds. The van der Waals surface area contributed by atoms with Crippen LogP contribution < -0.4 is 0 Å². The molecule has 1 aliphatic rings. The Bertz CT molecular complexity index is 635. The average molecular weight is 338 g/mol. The topological polar surface area (TPSA) is 43.8 Å². The third kappa shape index (κ3) is 4.39. The van der Waals surface area contributed by atoms with Crippen molar-refractivity contribution in [1.82, 2.24) is 9.80 Å². The van der Waals surface area contributed by atoms with Crippen LogP contribution in [0.2, 0.25) is 0 Å². The van der Waals surface area contributed by atoms with Crippen molar-refractivity contribution in [3.8, 4) is 0 Å². The highest BCUT2D eigenvalue weighted by Gasteiger charge is 2.42. The van der Waals surface area contributed by atoms with Crippen LogP contribution in [-0.2, 0) is 11.3 Å². The smallest absolute Gasteiger partial charge is 0.256 e. The second-order valence-corrected chi connectivity index (χ2v) is 6.74. The van der Waals surface area contributed by atoms with Gasteiger partial charge in [0, 0.05) is 26.2 Å². The van der Waals surface area contributed by atoms with Gasteiger partial charge in [-0.25, -0.2) is 8.78 Å². The SMILES string of the molecule is C=C(C)CN(C)C[C@@]1(O)CCCN(Cc2ccc(F)c(F)c2)C1=O. The molecule has 2 rings (SSSR count). The van der Waals surface area contributed by atoms with Gasteiger partial charge in [-0.3, -0.25) is 9.69 Å². The molecule has 132 valence electrons. The van der Waals surface area contributed by atoms with E-state index < -0.39 is 17.2 Å². The van der Waals surface area contributed by atoms with Crippen molar-refractivity contribution in [2.45, 2.75) is 31.9 Å². The highest BCUT2D eigenvalue weighted by molar-refractivity contribution is 5.86. The van der Waals surface area contributed by atoms with Gasteiger partial charge in [0.2, 0.25) is 0 Å². The van der Waals surface area contributed by atoms with Crippen LogP contribution >= 0.6 is 0 Å². The van der Waals surface area contributed by atoms with E-state index in [0.29, 0.717) is 31.5 Å². The number of likely N-dealkylation sites (N-methyl/N-ethyl adjacent to an activating group) is 1. The second-order valence-electron chi connectivity index (χ2n) is 6.74. The van der Waals surface area contributed by atoms with Crippen molar-refractivity contribution in [1.29, 1.82) is 0 Å². The second kappa shape index (κ2) is 7.40. The van der Waals surface area contributed by atoms with E-state index in [2.05, 4.69) is 6.58 Å². The molecule has 0 spiro atoms. The maximum absolute atomic E-state index is 13.3. The Morgan fingerprint density at radius 1 is 1.42 bits per heavy atom. The summed E-state index contributed by atoms with van der Waals surface area (Å²) in [6, 6.07) is 3.59. The lowest BCUT2D eigenvalue weighted by atomic mass is 9.90. The van der Waals surface area contributed by atoms with Gasteiger partial charge in [0.15, 0.2) is 17.2 Å². The lowest BCUT2D eigenvalue weighted by molar-refractivity contribution is -0.159. The van der Waals surface area contributed by atoms with E-state index in [1.165, 1.54) is 11.0 Å². The first kappa shape index (κ1) is 18.5. The van der Waals surface area contributed by atoms with E-state index in [0.717, 1.165) is 17.7 Å². The van der Waals surface area contributed by atoms with Gasteiger partial charge in [0.1, 0.15) is 0 Å². The molecule has 6 heteroatoms. The Morgan fingerprint density at radius 2 is 2.12 bits per heavy atom. The number of benzene rings is 1. The van der Waals surface area contributed by atoms with Gasteiger partial charge in [0.25, 0.3) is 5.91 Å². The predicted molar refractivity (Wildman–Crippen MR) is 88.3 cm³/mol. The van der Waals surface area contributed by atoms with Crippen molar-refractivity contribution in [2.24, 2.45) is 0 Å². The molecule has 1 saturated heterocycles. The highest BCUT2D eigenvalue weighted by Crippen LogP contribution is 2.25. The van der Waals surface area contributed by atoms with Crippen LogP contribution in [0.4, 0.5) is 8.78 Å². The number of carbonyl (C=O) groups excluding carboxylic acids is 1. The molecule has 24 heavy (non-hydrogen) atoms. The van der Waals surface area contributed by atoms with Crippen molar-refractivity contribution in [2.75, 3.05) is 26.7 Å². The molecule has 1 fully saturated rings. The quantitative estimate of drug-likeness (QED) is 0.810. The first-order chi connectivity index (χ1) is 11.2. The Balaban J connectivity index is 2.08. The van der Waals surface area contributed by atoms with Crippen molar-refractivity contribution >= 4 is 5.91 Å². The summed E-state index contributed by atoms with van der Waals surface area (Å²) in [5.41, 5.74) is -0.00843. The van der Waals surface area contributed by atoms with E-state index in [1.807, 2.05) is 18.9 Å². The average Bonchev–Trinajstić information content (AvgIpc) is 2.47. The lowest BCUT2D eigenvalue weighted by Crippen LogP contribution is -2.58. The third-order valence-electron chi connectivity index (χ3n) is 4.13. The van der Waals surface area contributed by atoms with E-state index in [1.54, 1.807) is 0 Å². The molecule has 1 aromatic rings. The number of carbonyl (C=O) groups is 1. The van der Waals surface area contributed by atoms with Crippen molar-refractivity contribution in [3.05, 3.63) is 47.5 Å². The zero-order valence-corrected chi connectivity index (χ0v) is 14.2. The maximum atomic E-state index is 13.3. The van der Waals surface area contributed by atoms with Gasteiger partial charge < -0.3 is 10.0 Å². The third-order valence-corrected chi connectivity index (χ3v) is 4.13. The first-order valence-corrected chi connectivity index (χ1v) is 8.00. The number of nitrogens with zero attached hydrogens (tertiary/aromatic N) is 2. The minimum atomic E-state index is -1.46. The lowest BCUT2D eigenvalue weighted by Gasteiger charge is -2.40. The standard InChI is InChI=1S/C18H24F2N2O2/c1-13(2)10-21(3)12-18(24)7-4-8-22(17(18)23)11-14-5-6-15(19)16(20)9-14/h5-6,9,24H,1,4,7-8,10-12H2,2-3H3/t18-/m0/s1. The normalized spacial score (nSPS) is 21.4. The number of hydrogen-bond donors (Lipinski definition) is 1. The van der Waals surface area contributed by atoms with Crippen molar-refractivity contribution < 1.29 is 18.7 Å². The molecular weight excluding hydrogens is 314 g/mol. The maximum Gasteiger partial charge on any atom is 0.256 e. The molecule has 1 heterocycles. The molecule has 0 aliphatic carbocycles. The van der Waals surface area contributed by atoms with Crippen LogP contribution in [0.3, 0.4) is 0 Å². The Morgan fingerprint density at radius 3 is 2.75 bits per heavy atom. The first-order valence-electron chi connectivity index (χ1n) is 8.00. The predicted octanol–water partition coefficient (Wildman–Crippen LogP) is 2.33. The summed E-state index contributed by atoms with van der Waals surface area (Å²) in [7, 11) is 1.83. The van der Waals surface area contributed by atoms with Crippen LogP contribution in [0.5, 0.6) is 0 Å². The van der Waals surface area contributed by atoms with Gasteiger partial charge >= 0.3 is 0 Å². The molecule has 4 nitrogen and oxygen atoms in total. The Hall–Kier alpha value is -1.79. The number of likely N-dealkylation sites (tertiary alicyclic amines) is 1. The number of aliphatic hydroxyl groups is 1. The van der Waals surface area contributed by atoms with Gasteiger partial charge in [-0.05, 0) is 44.5 Å². The van der Waals surface area contributed by atoms with Crippen LogP contribution in [0.15, 0.2) is 30.4 Å². The zero-order chi connectivity index (χ0) is 17.9. The summed E-state index contributed by atoms with van der Waals surface area (Å²) in [6.45, 7) is 7.18. The summed E-state index contributed by atoms with van der Waals surface area (Å²) in [6.07, 6.45) is 1.05. The number of hydrogen-bond acceptors (Lipinski definition) is 3. The largest absolute Gasteiger partial charge is 0.379 e. The molecule has 0 aromatic heterocycles. The van der Waals surface area contributed by atoms with Gasteiger partial charge in [-0.15, -0.1) is 0 Å². The van der Waals surface area contributed by atoms with E-state index in [4.69, 9.17) is 0 Å². The number of amides is 1. The monoisotopic (exact) mass is 338 g/mol. The van der Waals surface area contributed by atoms with Gasteiger partial charge in [-0.1, -0.05) is 18.2 Å². The highest BCUT2D eigenvalue weighted by atomic mass is 19.2. The summed E-state index contributed by atoms with van der Waals surface area (Å²) >= 11 is 0. The van der Waals surface area contributed by atoms with E-state index in [-0.39, 0.29) is 19.0 Å². The zero-order valence-electron chi connectivity index (χ0n) is 14.2. The Kier molecular flexibility index (Phi) is 5.72. The van der Waals surface area contributed by atoms with Gasteiger partial charge in [0.05, 0.1) is 0 Å². The van der Waals surface area contributed by atoms with Crippen LogP contribution in [0.25, 0.3) is 0 Å². The van der Waals surface area contributed by atoms with E-state index in [9.17, 15) is 18.7 Å². The fourth-order valence-corrected chi connectivity index (χ4v) is 3.18. The molecule has 1 N–H and O–H groups in total. The van der Waals surface area contributed by atoms with E-state index >= 15 is 0 Å². The van der Waals surface area contributed by atoms with Crippen LogP contribution in [0.1, 0.15) is 25.3 Å². The molecule has 1 aliphatic heterocycles. The fraction of sp³-hybridized carbons (Fsp3) is 0.500. The number of piperidine rings is 1. The summed E-state index contributed by atoms with van der Waals surface area (Å²) in [5, 5.41) is 10.8. The molecule has 0 unspecified atom stereocenters. The molecule has 0 radical (unpaired) electrons. The van der Waals surface area contributed by atoms with Crippen molar-refractivity contribution in [3.63, 3.8) is 0 Å². The fourth-order valence-electron chi connectivity index (χ4n) is 3.18. The summed E-state index contributed by atoms with van der Waals surface area (Å²) in [5.74, 6) is -2.22. The molecule has 0 bridgehead atoms. The van der Waals surface area contributed by atoms with Crippen LogP contribution in [-0.4, -0.2) is 53.1 Å². The molecular formula is C18H24F2N2O2. The van der Waals surface area contributed by atoms with Gasteiger partial charge in [-0.2, -0.15) is 0 Å². The minimum Gasteiger partial charge on any atom is -0.379 e. The summed E-state index contributed by atoms with van der Waals surface area (Å²) in [4.78, 5) is 16.1. The molecule has 1 aromatic carbocycles. The van der Waals surface area contributed by atoms with Crippen LogP contribution in [0, 0.1) is 11.6 Å². The Labute approximate surface area is 141 Å². The number of rotatable bonds is 6.